The molecule has 2 aromatic rings. The summed E-state index contributed by atoms with van der Waals surface area (Å²) in [7, 11) is 0. The average molecular weight is 285 g/mol. The summed E-state index contributed by atoms with van der Waals surface area (Å²) in [6.07, 6.45) is 0. The molecule has 0 aliphatic rings. The van der Waals surface area contributed by atoms with Crippen molar-refractivity contribution in [2.45, 2.75) is 6.92 Å². The predicted octanol–water partition coefficient (Wildman–Crippen LogP) is 3.49. The van der Waals surface area contributed by atoms with Gasteiger partial charge in [-0.2, -0.15) is 0 Å². The van der Waals surface area contributed by atoms with Crippen molar-refractivity contribution in [2.75, 3.05) is 0 Å². The summed E-state index contributed by atoms with van der Waals surface area (Å²) >= 11 is 3.13. The van der Waals surface area contributed by atoms with Gasteiger partial charge < -0.3 is 0 Å². The summed E-state index contributed by atoms with van der Waals surface area (Å²) in [5.41, 5.74) is 1.39. The number of hydrogen-bond donors (Lipinski definition) is 0. The van der Waals surface area contributed by atoms with Crippen molar-refractivity contribution in [3.63, 3.8) is 0 Å². The molecule has 0 unspecified atom stereocenters. The molecule has 5 heteroatoms. The Balaban J connectivity index is 2.58. The molecule has 0 fully saturated rings. The van der Waals surface area contributed by atoms with Crippen LogP contribution < -0.4 is 0 Å². The van der Waals surface area contributed by atoms with Crippen molar-refractivity contribution in [3.05, 3.63) is 46.3 Å². The first kappa shape index (κ1) is 11.1. The minimum Gasteiger partial charge on any atom is -0.227 e. The summed E-state index contributed by atoms with van der Waals surface area (Å²) in [6, 6.07) is 5.03. The summed E-state index contributed by atoms with van der Waals surface area (Å²) in [6.45, 7) is 1.78. The summed E-state index contributed by atoms with van der Waals surface area (Å²) < 4.78 is 26.6. The van der Waals surface area contributed by atoms with E-state index in [2.05, 4.69) is 25.9 Å². The molecule has 0 aliphatic heterocycles. The van der Waals surface area contributed by atoms with E-state index in [-0.39, 0.29) is 5.56 Å². The van der Waals surface area contributed by atoms with E-state index in [1.54, 1.807) is 13.0 Å². The second kappa shape index (κ2) is 4.25. The average Bonchev–Trinajstić information content (AvgIpc) is 2.15. The Morgan fingerprint density at radius 2 is 1.88 bits per heavy atom. The number of benzene rings is 1. The second-order valence-electron chi connectivity index (χ2n) is 3.29. The van der Waals surface area contributed by atoms with Crippen LogP contribution in [0.4, 0.5) is 8.78 Å². The zero-order chi connectivity index (χ0) is 11.7. The van der Waals surface area contributed by atoms with E-state index in [1.807, 2.05) is 0 Å². The smallest absolute Gasteiger partial charge is 0.197 e. The maximum atomic E-state index is 13.5. The van der Waals surface area contributed by atoms with Crippen LogP contribution in [-0.4, -0.2) is 9.97 Å². The highest BCUT2D eigenvalue weighted by molar-refractivity contribution is 9.10. The first-order chi connectivity index (χ1) is 7.56. The summed E-state index contributed by atoms with van der Waals surface area (Å²) in [4.78, 5) is 8.05. The molecule has 82 valence electrons. The van der Waals surface area contributed by atoms with Crippen molar-refractivity contribution in [2.24, 2.45) is 0 Å². The highest BCUT2D eigenvalue weighted by atomic mass is 79.9. The van der Waals surface area contributed by atoms with E-state index in [4.69, 9.17) is 0 Å². The van der Waals surface area contributed by atoms with Gasteiger partial charge in [0.05, 0.1) is 5.69 Å². The van der Waals surface area contributed by atoms with Gasteiger partial charge in [0.2, 0.25) is 0 Å². The zero-order valence-corrected chi connectivity index (χ0v) is 9.92. The van der Waals surface area contributed by atoms with E-state index < -0.39 is 11.6 Å². The lowest BCUT2D eigenvalue weighted by molar-refractivity contribution is 0.585. The Morgan fingerprint density at radius 1 is 1.12 bits per heavy atom. The van der Waals surface area contributed by atoms with Gasteiger partial charge in [0, 0.05) is 17.3 Å². The van der Waals surface area contributed by atoms with E-state index in [1.165, 1.54) is 12.1 Å². The fraction of sp³-hybridized carbons (Fsp3) is 0.0909. The zero-order valence-electron chi connectivity index (χ0n) is 8.34. The number of rotatable bonds is 1. The highest BCUT2D eigenvalue weighted by Gasteiger charge is 2.09. The van der Waals surface area contributed by atoms with Gasteiger partial charge in [-0.05, 0) is 41.1 Å². The molecule has 1 aromatic heterocycles. The van der Waals surface area contributed by atoms with E-state index in [0.29, 0.717) is 16.1 Å². The van der Waals surface area contributed by atoms with Crippen molar-refractivity contribution in [1.29, 1.82) is 0 Å². The molecule has 2 nitrogen and oxygen atoms in total. The number of nitrogens with zero attached hydrogens (tertiary/aromatic N) is 2. The number of aromatic nitrogens is 2. The molecule has 0 amide bonds. The Kier molecular flexibility index (Phi) is 2.96. The van der Waals surface area contributed by atoms with E-state index in [0.717, 1.165) is 6.07 Å². The minimum absolute atomic E-state index is 0.257. The molecule has 0 aliphatic carbocycles. The normalized spacial score (nSPS) is 10.5. The van der Waals surface area contributed by atoms with Crippen LogP contribution in [0.5, 0.6) is 0 Å². The largest absolute Gasteiger partial charge is 0.227 e. The van der Waals surface area contributed by atoms with Crippen molar-refractivity contribution in [3.8, 4) is 11.3 Å². The molecule has 0 atom stereocenters. The van der Waals surface area contributed by atoms with Crippen LogP contribution in [0.1, 0.15) is 5.69 Å². The molecular formula is C11H7BrF2N2. The Bertz CT molecular complexity index is 523. The minimum atomic E-state index is -0.634. The first-order valence-electron chi connectivity index (χ1n) is 4.53. The summed E-state index contributed by atoms with van der Waals surface area (Å²) in [5.74, 6) is -1.24. The molecule has 0 saturated heterocycles. The van der Waals surface area contributed by atoms with Crippen molar-refractivity contribution >= 4 is 15.9 Å². The van der Waals surface area contributed by atoms with Gasteiger partial charge in [0.1, 0.15) is 11.6 Å². The van der Waals surface area contributed by atoms with Gasteiger partial charge in [0.15, 0.2) is 4.73 Å². The highest BCUT2D eigenvalue weighted by Crippen LogP contribution is 2.23. The Labute approximate surface area is 99.5 Å². The van der Waals surface area contributed by atoms with Crippen molar-refractivity contribution in [1.82, 2.24) is 9.97 Å². The Morgan fingerprint density at radius 3 is 2.50 bits per heavy atom. The van der Waals surface area contributed by atoms with Gasteiger partial charge >= 0.3 is 0 Å². The van der Waals surface area contributed by atoms with Crippen molar-refractivity contribution < 1.29 is 8.78 Å². The van der Waals surface area contributed by atoms with Crippen LogP contribution in [0, 0.1) is 18.6 Å². The molecule has 0 bridgehead atoms. The SMILES string of the molecule is Cc1cc(-c2ccc(F)cc2F)nc(Br)n1. The second-order valence-corrected chi connectivity index (χ2v) is 4.00. The van der Waals surface area contributed by atoms with Crippen LogP contribution in [-0.2, 0) is 0 Å². The molecule has 16 heavy (non-hydrogen) atoms. The van der Waals surface area contributed by atoms with Crippen LogP contribution in [0.3, 0.4) is 0 Å². The third kappa shape index (κ3) is 2.24. The molecule has 0 N–H and O–H groups in total. The van der Waals surface area contributed by atoms with Crippen LogP contribution in [0.2, 0.25) is 0 Å². The van der Waals surface area contributed by atoms with E-state index >= 15 is 0 Å². The fourth-order valence-corrected chi connectivity index (χ4v) is 1.84. The molecule has 1 aromatic carbocycles. The molecule has 1 heterocycles. The van der Waals surface area contributed by atoms with Gasteiger partial charge in [-0.1, -0.05) is 0 Å². The lowest BCUT2D eigenvalue weighted by Crippen LogP contribution is -1.93. The number of aryl methyl sites for hydroxylation is 1. The number of halogens is 3. The summed E-state index contributed by atoms with van der Waals surface area (Å²) in [5, 5.41) is 0. The van der Waals surface area contributed by atoms with Gasteiger partial charge in [0.25, 0.3) is 0 Å². The van der Waals surface area contributed by atoms with E-state index in [9.17, 15) is 8.78 Å². The van der Waals surface area contributed by atoms with Gasteiger partial charge in [-0.3, -0.25) is 0 Å². The maximum Gasteiger partial charge on any atom is 0.197 e. The molecule has 0 saturated carbocycles. The first-order valence-corrected chi connectivity index (χ1v) is 5.32. The number of hydrogen-bond acceptors (Lipinski definition) is 2. The third-order valence-electron chi connectivity index (χ3n) is 2.03. The van der Waals surface area contributed by atoms with Crippen LogP contribution in [0.15, 0.2) is 29.0 Å². The molecule has 0 spiro atoms. The predicted molar refractivity (Wildman–Crippen MR) is 59.8 cm³/mol. The standard InChI is InChI=1S/C11H7BrF2N2/c1-6-4-10(16-11(12)15-6)8-3-2-7(13)5-9(8)14/h2-5H,1H3. The molecule has 0 radical (unpaired) electrons. The topological polar surface area (TPSA) is 25.8 Å². The lowest BCUT2D eigenvalue weighted by atomic mass is 10.1. The lowest BCUT2D eigenvalue weighted by Gasteiger charge is -2.04. The fourth-order valence-electron chi connectivity index (χ4n) is 1.37. The van der Waals surface area contributed by atoms with Crippen LogP contribution >= 0.6 is 15.9 Å². The van der Waals surface area contributed by atoms with Gasteiger partial charge in [-0.25, -0.2) is 18.7 Å². The van der Waals surface area contributed by atoms with Crippen LogP contribution in [0.25, 0.3) is 11.3 Å². The third-order valence-corrected chi connectivity index (χ3v) is 2.39. The van der Waals surface area contributed by atoms with Gasteiger partial charge in [-0.15, -0.1) is 0 Å². The quantitative estimate of drug-likeness (QED) is 0.749. The Hall–Kier alpha value is -1.36. The monoisotopic (exact) mass is 284 g/mol. The molecular weight excluding hydrogens is 278 g/mol. The molecule has 2 rings (SSSR count). The maximum absolute atomic E-state index is 13.5.